The first-order chi connectivity index (χ1) is 10.6. The fraction of sp³-hybridized carbons (Fsp3) is 0.467. The molecule has 1 aliphatic carbocycles. The lowest BCUT2D eigenvalue weighted by Crippen LogP contribution is -2.16. The minimum atomic E-state index is -3.63. The summed E-state index contributed by atoms with van der Waals surface area (Å²) in [6.45, 7) is 0. The molecular weight excluding hydrogens is 300 g/mol. The molecule has 1 saturated carbocycles. The number of hydrogen-bond acceptors (Lipinski definition) is 4. The van der Waals surface area contributed by atoms with Gasteiger partial charge in [0, 0.05) is 7.05 Å². The van der Waals surface area contributed by atoms with Gasteiger partial charge in [-0.2, -0.15) is 10.1 Å². The molecule has 1 aliphatic rings. The van der Waals surface area contributed by atoms with Gasteiger partial charge >= 0.3 is 0 Å². The predicted octanol–water partition coefficient (Wildman–Crippen LogP) is 2.66. The maximum atomic E-state index is 12.3. The lowest BCUT2D eigenvalue weighted by atomic mass is 9.84. The van der Waals surface area contributed by atoms with Gasteiger partial charge in [0.15, 0.2) is 0 Å². The first-order valence-electron chi connectivity index (χ1n) is 7.53. The number of benzene rings is 1. The highest BCUT2D eigenvalue weighted by atomic mass is 32.2. The second kappa shape index (κ2) is 6.08. The predicted molar refractivity (Wildman–Crippen MR) is 84.1 cm³/mol. The third-order valence-electron chi connectivity index (χ3n) is 4.20. The molecule has 3 rings (SSSR count). The van der Waals surface area contributed by atoms with Crippen LogP contribution >= 0.6 is 0 Å². The van der Waals surface area contributed by atoms with Crippen LogP contribution in [0.1, 0.15) is 43.6 Å². The third-order valence-corrected chi connectivity index (χ3v) is 5.55. The van der Waals surface area contributed by atoms with Crippen LogP contribution in [0.15, 0.2) is 35.5 Å². The highest BCUT2D eigenvalue weighted by Crippen LogP contribution is 2.32. The number of aryl methyl sites for hydroxylation is 1. The average molecular weight is 320 g/mol. The molecule has 1 heterocycles. The molecule has 0 amide bonds. The maximum Gasteiger partial charge on any atom is 0.264 e. The van der Waals surface area contributed by atoms with Gasteiger partial charge in [0.25, 0.3) is 10.0 Å². The Kier molecular flexibility index (Phi) is 4.15. The van der Waals surface area contributed by atoms with Gasteiger partial charge in [-0.15, -0.1) is 0 Å². The monoisotopic (exact) mass is 320 g/mol. The van der Waals surface area contributed by atoms with E-state index in [1.807, 2.05) is 12.1 Å². The molecule has 0 spiro atoms. The van der Waals surface area contributed by atoms with Crippen molar-refractivity contribution >= 4 is 16.0 Å². The highest BCUT2D eigenvalue weighted by Gasteiger charge is 2.19. The highest BCUT2D eigenvalue weighted by molar-refractivity contribution is 7.92. The van der Waals surface area contributed by atoms with Gasteiger partial charge in [-0.25, -0.2) is 17.8 Å². The van der Waals surface area contributed by atoms with Gasteiger partial charge in [0.05, 0.1) is 4.90 Å². The van der Waals surface area contributed by atoms with Crippen LogP contribution in [0.3, 0.4) is 0 Å². The Morgan fingerprint density at radius 1 is 1.14 bits per heavy atom. The number of anilines is 1. The van der Waals surface area contributed by atoms with E-state index in [1.54, 1.807) is 19.2 Å². The summed E-state index contributed by atoms with van der Waals surface area (Å²) in [6.07, 6.45) is 7.54. The zero-order valence-electron chi connectivity index (χ0n) is 12.6. The number of sulfonamides is 1. The minimum absolute atomic E-state index is 0.205. The van der Waals surface area contributed by atoms with Gasteiger partial charge in [-0.05, 0) is 36.5 Å². The molecular formula is C15H20N4O2S. The van der Waals surface area contributed by atoms with Crippen molar-refractivity contribution in [2.24, 2.45) is 7.05 Å². The number of nitrogens with one attached hydrogen (secondary N) is 1. The number of nitrogens with zero attached hydrogens (tertiary/aromatic N) is 3. The topological polar surface area (TPSA) is 76.9 Å². The van der Waals surface area contributed by atoms with E-state index in [1.165, 1.54) is 48.7 Å². The van der Waals surface area contributed by atoms with E-state index in [4.69, 9.17) is 0 Å². The van der Waals surface area contributed by atoms with Crippen molar-refractivity contribution in [1.82, 2.24) is 14.8 Å². The molecule has 0 saturated heterocycles. The van der Waals surface area contributed by atoms with Gasteiger partial charge in [0.1, 0.15) is 6.33 Å². The minimum Gasteiger partial charge on any atom is -0.247 e. The Hall–Kier alpha value is -1.89. The van der Waals surface area contributed by atoms with Crippen molar-refractivity contribution in [3.8, 4) is 0 Å². The summed E-state index contributed by atoms with van der Waals surface area (Å²) in [5.41, 5.74) is 1.23. The molecule has 118 valence electrons. The van der Waals surface area contributed by atoms with Gasteiger partial charge in [-0.1, -0.05) is 31.4 Å². The van der Waals surface area contributed by atoms with Crippen LogP contribution in [-0.2, 0) is 17.1 Å². The number of aromatic nitrogens is 3. The van der Waals surface area contributed by atoms with Gasteiger partial charge in [0.2, 0.25) is 5.95 Å². The van der Waals surface area contributed by atoms with E-state index in [2.05, 4.69) is 14.8 Å². The molecule has 6 nitrogen and oxygen atoms in total. The SMILES string of the molecule is Cn1ncnc1NS(=O)(=O)c1ccc(C2CCCCC2)cc1. The first kappa shape index (κ1) is 15.0. The molecule has 0 bridgehead atoms. The van der Waals surface area contributed by atoms with Crippen LogP contribution in [0.4, 0.5) is 5.95 Å². The zero-order valence-corrected chi connectivity index (χ0v) is 13.4. The second-order valence-corrected chi connectivity index (χ2v) is 7.40. The third kappa shape index (κ3) is 3.14. The van der Waals surface area contributed by atoms with Crippen molar-refractivity contribution < 1.29 is 8.42 Å². The lowest BCUT2D eigenvalue weighted by Gasteiger charge is -2.22. The van der Waals surface area contributed by atoms with Crippen LogP contribution in [0.5, 0.6) is 0 Å². The van der Waals surface area contributed by atoms with Crippen LogP contribution in [0.2, 0.25) is 0 Å². The molecule has 1 aromatic heterocycles. The van der Waals surface area contributed by atoms with Gasteiger partial charge < -0.3 is 0 Å². The number of hydrogen-bond donors (Lipinski definition) is 1. The summed E-state index contributed by atoms with van der Waals surface area (Å²) in [6, 6.07) is 7.20. The second-order valence-electron chi connectivity index (χ2n) is 5.72. The molecule has 1 aromatic carbocycles. The largest absolute Gasteiger partial charge is 0.264 e. The molecule has 0 aliphatic heterocycles. The Bertz CT molecular complexity index is 731. The number of rotatable bonds is 4. The smallest absolute Gasteiger partial charge is 0.247 e. The van der Waals surface area contributed by atoms with E-state index < -0.39 is 10.0 Å². The fourth-order valence-corrected chi connectivity index (χ4v) is 3.96. The Morgan fingerprint density at radius 3 is 2.41 bits per heavy atom. The Morgan fingerprint density at radius 2 is 1.82 bits per heavy atom. The average Bonchev–Trinajstić information content (AvgIpc) is 2.93. The van der Waals surface area contributed by atoms with Crippen molar-refractivity contribution in [3.05, 3.63) is 36.2 Å². The molecule has 0 atom stereocenters. The van der Waals surface area contributed by atoms with Crippen LogP contribution in [-0.4, -0.2) is 23.2 Å². The fourth-order valence-electron chi connectivity index (χ4n) is 2.92. The van der Waals surface area contributed by atoms with Crippen molar-refractivity contribution in [3.63, 3.8) is 0 Å². The van der Waals surface area contributed by atoms with Crippen LogP contribution in [0.25, 0.3) is 0 Å². The molecule has 2 aromatic rings. The Balaban J connectivity index is 1.78. The van der Waals surface area contributed by atoms with E-state index in [9.17, 15) is 8.42 Å². The Labute approximate surface area is 130 Å². The molecule has 1 fully saturated rings. The van der Waals surface area contributed by atoms with E-state index >= 15 is 0 Å². The maximum absolute atomic E-state index is 12.3. The van der Waals surface area contributed by atoms with Gasteiger partial charge in [-0.3, -0.25) is 0 Å². The first-order valence-corrected chi connectivity index (χ1v) is 9.01. The van der Waals surface area contributed by atoms with E-state index in [0.717, 1.165) is 0 Å². The summed E-state index contributed by atoms with van der Waals surface area (Å²) in [7, 11) is -1.99. The molecule has 0 unspecified atom stereocenters. The molecule has 1 N–H and O–H groups in total. The summed E-state index contributed by atoms with van der Waals surface area (Å²) in [5, 5.41) is 3.85. The quantitative estimate of drug-likeness (QED) is 0.939. The summed E-state index contributed by atoms with van der Waals surface area (Å²) in [4.78, 5) is 4.12. The van der Waals surface area contributed by atoms with Crippen LogP contribution < -0.4 is 4.72 Å². The summed E-state index contributed by atoms with van der Waals surface area (Å²) < 4.78 is 28.5. The molecule has 22 heavy (non-hydrogen) atoms. The van der Waals surface area contributed by atoms with E-state index in [-0.39, 0.29) is 10.8 Å². The standard InChI is InChI=1S/C15H20N4O2S/c1-19-15(16-11-17-19)18-22(20,21)14-9-7-13(8-10-14)12-5-3-2-4-6-12/h7-12H,2-6H2,1H3,(H,16,17,18). The van der Waals surface area contributed by atoms with E-state index in [0.29, 0.717) is 5.92 Å². The van der Waals surface area contributed by atoms with Crippen molar-refractivity contribution in [2.45, 2.75) is 42.9 Å². The lowest BCUT2D eigenvalue weighted by molar-refractivity contribution is 0.443. The molecule has 0 radical (unpaired) electrons. The molecule has 7 heteroatoms. The van der Waals surface area contributed by atoms with Crippen molar-refractivity contribution in [2.75, 3.05) is 4.72 Å². The summed E-state index contributed by atoms with van der Waals surface area (Å²) in [5.74, 6) is 0.772. The zero-order chi connectivity index (χ0) is 15.6. The van der Waals surface area contributed by atoms with Crippen molar-refractivity contribution in [1.29, 1.82) is 0 Å². The van der Waals surface area contributed by atoms with Crippen LogP contribution in [0, 0.1) is 0 Å². The normalized spacial score (nSPS) is 16.6. The summed E-state index contributed by atoms with van der Waals surface area (Å²) >= 11 is 0.